The second kappa shape index (κ2) is 10.4. The van der Waals surface area contributed by atoms with Crippen molar-refractivity contribution in [2.24, 2.45) is 5.92 Å². The number of hydrogen-bond acceptors (Lipinski definition) is 8. The largest absolute Gasteiger partial charge is 0.385 e. The average Bonchev–Trinajstić information content (AvgIpc) is 3.54. The molecule has 202 valence electrons. The van der Waals surface area contributed by atoms with Crippen molar-refractivity contribution < 1.29 is 22.7 Å². The molecule has 2 aliphatic rings. The van der Waals surface area contributed by atoms with Gasteiger partial charge in [-0.05, 0) is 54.5 Å². The van der Waals surface area contributed by atoms with Crippen molar-refractivity contribution in [2.75, 3.05) is 38.3 Å². The van der Waals surface area contributed by atoms with E-state index in [1.807, 2.05) is 30.3 Å². The van der Waals surface area contributed by atoms with Crippen LogP contribution in [0.5, 0.6) is 0 Å². The lowest BCUT2D eigenvalue weighted by molar-refractivity contribution is -0.123. The zero-order chi connectivity index (χ0) is 27.1. The Kier molecular flexibility index (Phi) is 6.92. The molecule has 0 aliphatic carbocycles. The van der Waals surface area contributed by atoms with Crippen molar-refractivity contribution >= 4 is 60.9 Å². The number of carbonyl (C=O) groups excluding carboxylic acids is 2. The van der Waals surface area contributed by atoms with Crippen molar-refractivity contribution in [2.45, 2.75) is 30.6 Å². The van der Waals surface area contributed by atoms with Gasteiger partial charge in [0.2, 0.25) is 10.0 Å². The second-order valence-corrected chi connectivity index (χ2v) is 12.4. The molecule has 3 heterocycles. The molecule has 0 bridgehead atoms. The van der Waals surface area contributed by atoms with Gasteiger partial charge in [0, 0.05) is 56.6 Å². The highest BCUT2D eigenvalue weighted by atomic mass is 32.2. The minimum Gasteiger partial charge on any atom is -0.385 e. The third-order valence-electron chi connectivity index (χ3n) is 7.75. The number of amides is 1. The predicted molar refractivity (Wildman–Crippen MR) is 150 cm³/mol. The third-order valence-corrected chi connectivity index (χ3v) is 10.2. The van der Waals surface area contributed by atoms with E-state index in [0.717, 1.165) is 40.2 Å². The topological polar surface area (TPSA) is 110 Å². The number of Topliss-reactive ketones (excluding diaryl/α,β-unsaturated/α-hetero) is 1. The molecule has 0 radical (unpaired) electrons. The van der Waals surface area contributed by atoms with E-state index >= 15 is 0 Å². The van der Waals surface area contributed by atoms with Crippen molar-refractivity contribution in [3.05, 3.63) is 59.7 Å². The van der Waals surface area contributed by atoms with Gasteiger partial charge in [0.15, 0.2) is 0 Å². The minimum absolute atomic E-state index is 0.0205. The number of carbonyl (C=O) groups is 2. The summed E-state index contributed by atoms with van der Waals surface area (Å²) in [6.45, 7) is 1.71. The number of fused-ring (bicyclic) bond motifs is 1. The van der Waals surface area contributed by atoms with Gasteiger partial charge in [-0.25, -0.2) is 8.42 Å². The smallest absolute Gasteiger partial charge is 0.258 e. The molecule has 3 aromatic carbocycles. The van der Waals surface area contributed by atoms with Gasteiger partial charge < -0.3 is 9.64 Å². The molecule has 1 saturated heterocycles. The zero-order valence-electron chi connectivity index (χ0n) is 21.5. The number of sulfonamides is 1. The van der Waals surface area contributed by atoms with Gasteiger partial charge in [0.05, 0.1) is 17.4 Å². The van der Waals surface area contributed by atoms with Crippen LogP contribution in [0.4, 0.5) is 5.69 Å². The lowest BCUT2D eigenvalue weighted by Gasteiger charge is -2.30. The molecular formula is C28H28N4O5S2. The Morgan fingerprint density at radius 1 is 1.08 bits per heavy atom. The molecule has 0 saturated carbocycles. The van der Waals surface area contributed by atoms with Gasteiger partial charge in [-0.15, -0.1) is 0 Å². The highest BCUT2D eigenvalue weighted by molar-refractivity contribution is 7.89. The van der Waals surface area contributed by atoms with Crippen LogP contribution in [0.15, 0.2) is 53.4 Å². The first-order chi connectivity index (χ1) is 18.9. The maximum absolute atomic E-state index is 13.4. The molecule has 39 heavy (non-hydrogen) atoms. The molecular weight excluding hydrogens is 536 g/mol. The van der Waals surface area contributed by atoms with Crippen molar-refractivity contribution in [3.8, 4) is 0 Å². The normalized spacial score (nSPS) is 16.5. The Morgan fingerprint density at radius 3 is 2.67 bits per heavy atom. The van der Waals surface area contributed by atoms with E-state index in [0.29, 0.717) is 42.6 Å². The fraction of sp³-hybridized carbons (Fsp3) is 0.357. The Morgan fingerprint density at radius 2 is 1.87 bits per heavy atom. The van der Waals surface area contributed by atoms with E-state index in [-0.39, 0.29) is 42.0 Å². The molecule has 1 amide bonds. The summed E-state index contributed by atoms with van der Waals surface area (Å²) in [5.74, 6) is -0.142. The van der Waals surface area contributed by atoms with E-state index in [1.54, 1.807) is 30.2 Å². The first kappa shape index (κ1) is 26.0. The Hall–Kier alpha value is -3.25. The predicted octanol–water partition coefficient (Wildman–Crippen LogP) is 4.05. The maximum Gasteiger partial charge on any atom is 0.258 e. The van der Waals surface area contributed by atoms with Crippen LogP contribution in [-0.4, -0.2) is 66.5 Å². The molecule has 11 heteroatoms. The summed E-state index contributed by atoms with van der Waals surface area (Å²) in [5.41, 5.74) is 3.39. The first-order valence-electron chi connectivity index (χ1n) is 13.0. The lowest BCUT2D eigenvalue weighted by Crippen LogP contribution is -2.40. The summed E-state index contributed by atoms with van der Waals surface area (Å²) >= 11 is 0.992. The molecule has 0 N–H and O–H groups in total. The Balaban J connectivity index is 1.17. The molecule has 1 fully saturated rings. The number of nitrogens with zero attached hydrogens (tertiary/aromatic N) is 4. The van der Waals surface area contributed by atoms with Crippen LogP contribution >= 0.6 is 11.7 Å². The molecule has 1 aromatic heterocycles. The van der Waals surface area contributed by atoms with Crippen LogP contribution in [0.3, 0.4) is 0 Å². The van der Waals surface area contributed by atoms with Crippen molar-refractivity contribution in [3.63, 3.8) is 0 Å². The van der Waals surface area contributed by atoms with Crippen molar-refractivity contribution in [1.29, 1.82) is 0 Å². The first-order valence-corrected chi connectivity index (χ1v) is 15.2. The van der Waals surface area contributed by atoms with Crippen LogP contribution in [-0.2, 0) is 26.0 Å². The Bertz CT molecular complexity index is 1690. The molecule has 0 spiro atoms. The van der Waals surface area contributed by atoms with Gasteiger partial charge in [-0.1, -0.05) is 24.3 Å². The number of rotatable bonds is 9. The Labute approximate surface area is 230 Å². The second-order valence-electron chi connectivity index (χ2n) is 9.98. The lowest BCUT2D eigenvalue weighted by atomic mass is 9.88. The standard InChI is InChI=1S/C28H28N4O5S2/c1-37-16-4-13-32-23-10-9-19(20-5-2-6-21(26(20)23)28(32)34)17-24(33)18-11-14-31(15-12-18)39(35,36)25-8-3-7-22-27(25)30-38-29-22/h2-3,5-10,18H,4,11-17H2,1H3. The van der Waals surface area contributed by atoms with Gasteiger partial charge in [-0.3, -0.25) is 9.59 Å². The van der Waals surface area contributed by atoms with Gasteiger partial charge >= 0.3 is 0 Å². The molecule has 0 atom stereocenters. The number of aromatic nitrogens is 2. The van der Waals surface area contributed by atoms with E-state index in [9.17, 15) is 18.0 Å². The summed E-state index contributed by atoms with van der Waals surface area (Å²) in [7, 11) is -2.09. The van der Waals surface area contributed by atoms with E-state index in [1.165, 1.54) is 4.31 Å². The van der Waals surface area contributed by atoms with E-state index < -0.39 is 10.0 Å². The molecule has 0 unspecified atom stereocenters. The van der Waals surface area contributed by atoms with Crippen LogP contribution in [0.2, 0.25) is 0 Å². The summed E-state index contributed by atoms with van der Waals surface area (Å²) in [4.78, 5) is 28.4. The van der Waals surface area contributed by atoms with Gasteiger partial charge in [0.25, 0.3) is 5.91 Å². The molecule has 6 rings (SSSR count). The maximum atomic E-state index is 13.4. The minimum atomic E-state index is -3.74. The monoisotopic (exact) mass is 564 g/mol. The third kappa shape index (κ3) is 4.53. The highest BCUT2D eigenvalue weighted by Crippen LogP contribution is 2.39. The van der Waals surface area contributed by atoms with Crippen LogP contribution in [0.1, 0.15) is 35.2 Å². The van der Waals surface area contributed by atoms with Crippen LogP contribution < -0.4 is 4.90 Å². The SMILES string of the molecule is COCCCN1C(=O)c2cccc3c(CC(=O)C4CCN(S(=O)(=O)c5cccc6nsnc56)CC4)ccc1c23. The number of ketones is 1. The zero-order valence-corrected chi connectivity index (χ0v) is 23.1. The molecule has 4 aromatic rings. The van der Waals surface area contributed by atoms with Gasteiger partial charge in [0.1, 0.15) is 21.7 Å². The van der Waals surface area contributed by atoms with Crippen LogP contribution in [0, 0.1) is 5.92 Å². The number of methoxy groups -OCH3 is 1. The quantitative estimate of drug-likeness (QED) is 0.282. The average molecular weight is 565 g/mol. The summed E-state index contributed by atoms with van der Waals surface area (Å²) in [6, 6.07) is 14.6. The summed E-state index contributed by atoms with van der Waals surface area (Å²) in [5, 5.41) is 1.82. The highest BCUT2D eigenvalue weighted by Gasteiger charge is 2.34. The molecule has 9 nitrogen and oxygen atoms in total. The number of piperidine rings is 1. The number of benzene rings is 3. The van der Waals surface area contributed by atoms with E-state index in [4.69, 9.17) is 4.74 Å². The van der Waals surface area contributed by atoms with Gasteiger partial charge in [-0.2, -0.15) is 13.1 Å². The number of ether oxygens (including phenoxy) is 1. The van der Waals surface area contributed by atoms with Crippen molar-refractivity contribution in [1.82, 2.24) is 13.1 Å². The number of anilines is 1. The van der Waals surface area contributed by atoms with E-state index in [2.05, 4.69) is 8.75 Å². The van der Waals surface area contributed by atoms with Crippen LogP contribution in [0.25, 0.3) is 21.8 Å². The summed E-state index contributed by atoms with van der Waals surface area (Å²) < 4.78 is 41.7. The summed E-state index contributed by atoms with van der Waals surface area (Å²) in [6.07, 6.45) is 1.92. The fourth-order valence-electron chi connectivity index (χ4n) is 5.73. The molecule has 2 aliphatic heterocycles. The number of hydrogen-bond donors (Lipinski definition) is 0. The fourth-order valence-corrected chi connectivity index (χ4v) is 7.95.